The Morgan fingerprint density at radius 1 is 1.26 bits per heavy atom. The van der Waals surface area contributed by atoms with Gasteiger partial charge >= 0.3 is 0 Å². The second-order valence-corrected chi connectivity index (χ2v) is 5.88. The molecule has 0 amide bonds. The fourth-order valence-corrected chi connectivity index (χ4v) is 3.12. The van der Waals surface area contributed by atoms with Crippen LogP contribution in [0.5, 0.6) is 5.75 Å². The van der Waals surface area contributed by atoms with Crippen molar-refractivity contribution in [1.82, 2.24) is 5.32 Å². The van der Waals surface area contributed by atoms with Gasteiger partial charge in [-0.25, -0.2) is 0 Å². The Hall–Kier alpha value is -1.02. The first-order chi connectivity index (χ1) is 9.20. The number of methoxy groups -OCH3 is 1. The smallest absolute Gasteiger partial charge is 0.123 e. The van der Waals surface area contributed by atoms with E-state index in [0.29, 0.717) is 6.04 Å². The summed E-state index contributed by atoms with van der Waals surface area (Å²) in [6.45, 7) is 5.37. The molecule has 0 saturated heterocycles. The van der Waals surface area contributed by atoms with E-state index < -0.39 is 0 Å². The second kappa shape index (κ2) is 6.95. The van der Waals surface area contributed by atoms with Crippen LogP contribution in [-0.4, -0.2) is 13.2 Å². The van der Waals surface area contributed by atoms with Crippen LogP contribution >= 0.6 is 0 Å². The van der Waals surface area contributed by atoms with Crippen molar-refractivity contribution in [2.75, 3.05) is 7.11 Å². The molecule has 0 aromatic heterocycles. The summed E-state index contributed by atoms with van der Waals surface area (Å²) < 4.78 is 5.44. The zero-order valence-electron chi connectivity index (χ0n) is 12.5. The number of rotatable bonds is 5. The molecule has 2 heteroatoms. The van der Waals surface area contributed by atoms with Gasteiger partial charge in [0.15, 0.2) is 0 Å². The van der Waals surface area contributed by atoms with Crippen LogP contribution in [0.2, 0.25) is 0 Å². The van der Waals surface area contributed by atoms with E-state index in [1.165, 1.54) is 43.2 Å². The molecule has 0 spiro atoms. The SMILES string of the molecule is COc1ccc(C)cc1CN[C@@H](C)C1CCCCC1. The molecule has 1 aromatic carbocycles. The van der Waals surface area contributed by atoms with Crippen LogP contribution in [0.25, 0.3) is 0 Å². The Bertz CT molecular complexity index is 396. The highest BCUT2D eigenvalue weighted by atomic mass is 16.5. The van der Waals surface area contributed by atoms with Crippen molar-refractivity contribution in [2.45, 2.75) is 58.5 Å². The van der Waals surface area contributed by atoms with E-state index in [1.807, 2.05) is 0 Å². The molecule has 0 heterocycles. The monoisotopic (exact) mass is 261 g/mol. The van der Waals surface area contributed by atoms with Crippen LogP contribution in [0.4, 0.5) is 0 Å². The maximum atomic E-state index is 5.44. The molecule has 1 aliphatic carbocycles. The highest BCUT2D eigenvalue weighted by molar-refractivity contribution is 5.36. The Morgan fingerprint density at radius 3 is 2.68 bits per heavy atom. The van der Waals surface area contributed by atoms with E-state index in [1.54, 1.807) is 7.11 Å². The lowest BCUT2D eigenvalue weighted by molar-refractivity contribution is 0.279. The maximum absolute atomic E-state index is 5.44. The summed E-state index contributed by atoms with van der Waals surface area (Å²) in [5.41, 5.74) is 2.56. The topological polar surface area (TPSA) is 21.3 Å². The van der Waals surface area contributed by atoms with Crippen molar-refractivity contribution in [3.63, 3.8) is 0 Å². The van der Waals surface area contributed by atoms with E-state index in [2.05, 4.69) is 37.4 Å². The van der Waals surface area contributed by atoms with Gasteiger partial charge in [0.25, 0.3) is 0 Å². The van der Waals surface area contributed by atoms with E-state index >= 15 is 0 Å². The van der Waals surface area contributed by atoms with E-state index in [-0.39, 0.29) is 0 Å². The minimum Gasteiger partial charge on any atom is -0.496 e. The average molecular weight is 261 g/mol. The third-order valence-corrected chi connectivity index (χ3v) is 4.41. The fourth-order valence-electron chi connectivity index (χ4n) is 3.12. The van der Waals surface area contributed by atoms with E-state index in [4.69, 9.17) is 4.74 Å². The molecular weight excluding hydrogens is 234 g/mol. The van der Waals surface area contributed by atoms with Gasteiger partial charge in [0.1, 0.15) is 5.75 Å². The molecule has 1 saturated carbocycles. The molecule has 1 aliphatic rings. The lowest BCUT2D eigenvalue weighted by Gasteiger charge is -2.28. The van der Waals surface area contributed by atoms with Gasteiger partial charge in [-0.15, -0.1) is 0 Å². The van der Waals surface area contributed by atoms with Crippen molar-refractivity contribution in [3.05, 3.63) is 29.3 Å². The lowest BCUT2D eigenvalue weighted by atomic mass is 9.84. The van der Waals surface area contributed by atoms with Gasteiger partial charge < -0.3 is 10.1 Å². The molecule has 0 aliphatic heterocycles. The number of ether oxygens (including phenoxy) is 1. The predicted octanol–water partition coefficient (Wildman–Crippen LogP) is 4.06. The number of benzene rings is 1. The Morgan fingerprint density at radius 2 is 2.00 bits per heavy atom. The lowest BCUT2D eigenvalue weighted by Crippen LogP contribution is -2.34. The molecule has 1 N–H and O–H groups in total. The van der Waals surface area contributed by atoms with E-state index in [0.717, 1.165) is 18.2 Å². The van der Waals surface area contributed by atoms with Gasteiger partial charge in [0, 0.05) is 18.2 Å². The molecule has 106 valence electrons. The van der Waals surface area contributed by atoms with Crippen molar-refractivity contribution < 1.29 is 4.74 Å². The molecule has 1 aromatic rings. The van der Waals surface area contributed by atoms with Crippen LogP contribution in [-0.2, 0) is 6.54 Å². The highest BCUT2D eigenvalue weighted by Gasteiger charge is 2.19. The molecule has 1 atom stereocenters. The van der Waals surface area contributed by atoms with Crippen molar-refractivity contribution >= 4 is 0 Å². The maximum Gasteiger partial charge on any atom is 0.123 e. The van der Waals surface area contributed by atoms with Crippen LogP contribution in [0, 0.1) is 12.8 Å². The summed E-state index contributed by atoms with van der Waals surface area (Å²) in [6, 6.07) is 7.00. The quantitative estimate of drug-likeness (QED) is 0.863. The van der Waals surface area contributed by atoms with Gasteiger partial charge in [-0.05, 0) is 38.7 Å². The van der Waals surface area contributed by atoms with Crippen molar-refractivity contribution in [3.8, 4) is 5.75 Å². The minimum atomic E-state index is 0.602. The van der Waals surface area contributed by atoms with Crippen LogP contribution in [0.3, 0.4) is 0 Å². The Balaban J connectivity index is 1.92. The van der Waals surface area contributed by atoms with Gasteiger partial charge in [-0.1, -0.05) is 37.0 Å². The van der Waals surface area contributed by atoms with Gasteiger partial charge in [-0.2, -0.15) is 0 Å². The zero-order chi connectivity index (χ0) is 13.7. The fraction of sp³-hybridized carbons (Fsp3) is 0.647. The third kappa shape index (κ3) is 3.97. The normalized spacial score (nSPS) is 18.3. The standard InChI is InChI=1S/C17H27NO/c1-13-9-10-17(19-3)16(11-13)12-18-14(2)15-7-5-4-6-8-15/h9-11,14-15,18H,4-8,12H2,1-3H3/t14-/m0/s1. The molecular formula is C17H27NO. The van der Waals surface area contributed by atoms with Crippen molar-refractivity contribution in [2.24, 2.45) is 5.92 Å². The predicted molar refractivity (Wildman–Crippen MR) is 80.6 cm³/mol. The first-order valence-electron chi connectivity index (χ1n) is 7.57. The Kier molecular flexibility index (Phi) is 5.26. The second-order valence-electron chi connectivity index (χ2n) is 5.88. The molecule has 0 bridgehead atoms. The number of aryl methyl sites for hydroxylation is 1. The van der Waals surface area contributed by atoms with Gasteiger partial charge in [-0.3, -0.25) is 0 Å². The van der Waals surface area contributed by atoms with Gasteiger partial charge in [0.2, 0.25) is 0 Å². The zero-order valence-corrected chi connectivity index (χ0v) is 12.5. The first kappa shape index (κ1) is 14.4. The molecule has 0 unspecified atom stereocenters. The summed E-state index contributed by atoms with van der Waals surface area (Å²) >= 11 is 0. The third-order valence-electron chi connectivity index (χ3n) is 4.41. The summed E-state index contributed by atoms with van der Waals surface area (Å²) in [5, 5.41) is 3.69. The number of nitrogens with one attached hydrogen (secondary N) is 1. The molecule has 2 nitrogen and oxygen atoms in total. The summed E-state index contributed by atoms with van der Waals surface area (Å²) in [5.74, 6) is 1.85. The minimum absolute atomic E-state index is 0.602. The molecule has 1 fully saturated rings. The van der Waals surface area contributed by atoms with Crippen LogP contribution in [0.15, 0.2) is 18.2 Å². The van der Waals surface area contributed by atoms with Crippen LogP contribution < -0.4 is 10.1 Å². The van der Waals surface area contributed by atoms with Gasteiger partial charge in [0.05, 0.1) is 7.11 Å². The Labute approximate surface area is 117 Å². The molecule has 0 radical (unpaired) electrons. The number of hydrogen-bond acceptors (Lipinski definition) is 2. The average Bonchev–Trinajstić information content (AvgIpc) is 2.46. The van der Waals surface area contributed by atoms with E-state index in [9.17, 15) is 0 Å². The van der Waals surface area contributed by atoms with Crippen molar-refractivity contribution in [1.29, 1.82) is 0 Å². The first-order valence-corrected chi connectivity index (χ1v) is 7.57. The summed E-state index contributed by atoms with van der Waals surface area (Å²) in [7, 11) is 1.75. The highest BCUT2D eigenvalue weighted by Crippen LogP contribution is 2.27. The molecule has 19 heavy (non-hydrogen) atoms. The summed E-state index contributed by atoms with van der Waals surface area (Å²) in [4.78, 5) is 0. The number of hydrogen-bond donors (Lipinski definition) is 1. The largest absolute Gasteiger partial charge is 0.496 e. The molecule has 2 rings (SSSR count). The summed E-state index contributed by atoms with van der Waals surface area (Å²) in [6.07, 6.45) is 7.02. The van der Waals surface area contributed by atoms with Crippen LogP contribution in [0.1, 0.15) is 50.2 Å².